The van der Waals surface area contributed by atoms with E-state index in [-0.39, 0.29) is 22.3 Å². The smallest absolute Gasteiger partial charge is 0.226 e. The van der Waals surface area contributed by atoms with Crippen LogP contribution in [0.3, 0.4) is 0 Å². The molecular formula is C12H11ClFN3O3S2. The van der Waals surface area contributed by atoms with Crippen molar-refractivity contribution in [3.05, 3.63) is 29.4 Å². The van der Waals surface area contributed by atoms with Crippen LogP contribution in [0.1, 0.15) is 6.42 Å². The number of halogens is 2. The van der Waals surface area contributed by atoms with E-state index < -0.39 is 21.6 Å². The van der Waals surface area contributed by atoms with Gasteiger partial charge in [0, 0.05) is 24.4 Å². The zero-order chi connectivity index (χ0) is 16.3. The first-order chi connectivity index (χ1) is 10.2. The van der Waals surface area contributed by atoms with E-state index in [1.54, 1.807) is 0 Å². The Bertz CT molecular complexity index is 808. The highest BCUT2D eigenvalue weighted by Gasteiger charge is 2.15. The highest BCUT2D eigenvalue weighted by Crippen LogP contribution is 2.34. The fraction of sp³-hybridized carbons (Fsp3) is 0.250. The molecular weight excluding hydrogens is 353 g/mol. The number of amides is 1. The Hall–Kier alpha value is -1.58. The number of thiazole rings is 1. The second-order valence-electron chi connectivity index (χ2n) is 4.46. The van der Waals surface area contributed by atoms with Crippen molar-refractivity contribution in [1.29, 1.82) is 0 Å². The second-order valence-corrected chi connectivity index (χ2v) is 8.08. The predicted octanol–water partition coefficient (Wildman–Crippen LogP) is 2.37. The van der Waals surface area contributed by atoms with Gasteiger partial charge in [-0.1, -0.05) is 22.9 Å². The number of anilines is 1. The molecule has 22 heavy (non-hydrogen) atoms. The molecule has 0 radical (unpaired) electrons. The van der Waals surface area contributed by atoms with Crippen molar-refractivity contribution in [2.24, 2.45) is 0 Å². The van der Waals surface area contributed by atoms with E-state index in [1.165, 1.54) is 12.3 Å². The van der Waals surface area contributed by atoms with Crippen LogP contribution in [-0.4, -0.2) is 36.3 Å². The van der Waals surface area contributed by atoms with Gasteiger partial charge < -0.3 is 5.32 Å². The van der Waals surface area contributed by atoms with Crippen molar-refractivity contribution in [3.63, 3.8) is 0 Å². The van der Waals surface area contributed by atoms with Crippen molar-refractivity contribution < 1.29 is 17.6 Å². The van der Waals surface area contributed by atoms with Gasteiger partial charge in [-0.25, -0.2) is 17.8 Å². The van der Waals surface area contributed by atoms with Crippen LogP contribution >= 0.6 is 22.9 Å². The molecule has 2 rings (SSSR count). The molecule has 0 aliphatic rings. The van der Waals surface area contributed by atoms with Crippen molar-refractivity contribution >= 4 is 43.7 Å². The zero-order valence-electron chi connectivity index (χ0n) is 11.3. The van der Waals surface area contributed by atoms with Gasteiger partial charge in [0.1, 0.15) is 25.7 Å². The molecule has 0 unspecified atom stereocenters. The molecule has 6 nitrogen and oxygen atoms in total. The van der Waals surface area contributed by atoms with E-state index in [9.17, 15) is 17.6 Å². The lowest BCUT2D eigenvalue weighted by Gasteiger charge is -2.01. The first-order valence-corrected chi connectivity index (χ1v) is 9.25. The predicted molar refractivity (Wildman–Crippen MR) is 83.3 cm³/mol. The molecule has 0 saturated heterocycles. The molecule has 0 fully saturated rings. The van der Waals surface area contributed by atoms with Gasteiger partial charge in [0.15, 0.2) is 5.15 Å². The van der Waals surface area contributed by atoms with Crippen LogP contribution in [0.15, 0.2) is 18.5 Å². The van der Waals surface area contributed by atoms with Gasteiger partial charge in [-0.15, -0.1) is 0 Å². The minimum atomic E-state index is -3.22. The molecule has 0 aliphatic heterocycles. The number of sulfone groups is 1. The zero-order valence-corrected chi connectivity index (χ0v) is 13.7. The molecule has 0 atom stereocenters. The van der Waals surface area contributed by atoms with Crippen molar-refractivity contribution in [2.75, 3.05) is 17.3 Å². The van der Waals surface area contributed by atoms with Gasteiger partial charge in [0.05, 0.1) is 11.9 Å². The first kappa shape index (κ1) is 16.8. The van der Waals surface area contributed by atoms with Crippen LogP contribution < -0.4 is 5.32 Å². The van der Waals surface area contributed by atoms with Crippen LogP contribution in [0.2, 0.25) is 5.15 Å². The number of rotatable bonds is 5. The molecule has 2 aromatic rings. The van der Waals surface area contributed by atoms with Gasteiger partial charge in [0.2, 0.25) is 5.91 Å². The standard InChI is InChI=1S/C12H11ClFN3O3S2/c1-22(19,20)3-2-9(18)16-12-10(13)17-11(21-12)7-4-8(14)6-15-5-7/h4-6H,2-3H2,1H3,(H,16,18). The van der Waals surface area contributed by atoms with Gasteiger partial charge in [-0.2, -0.15) is 0 Å². The summed E-state index contributed by atoms with van der Waals surface area (Å²) in [7, 11) is -3.22. The summed E-state index contributed by atoms with van der Waals surface area (Å²) in [6.07, 6.45) is 3.36. The summed E-state index contributed by atoms with van der Waals surface area (Å²) in [6, 6.07) is 1.25. The summed E-state index contributed by atoms with van der Waals surface area (Å²) in [5, 5.41) is 3.22. The SMILES string of the molecule is CS(=O)(=O)CCC(=O)Nc1sc(-c2cncc(F)c2)nc1Cl. The number of hydrogen-bond acceptors (Lipinski definition) is 6. The molecule has 0 spiro atoms. The van der Waals surface area contributed by atoms with Gasteiger partial charge in [0.25, 0.3) is 0 Å². The summed E-state index contributed by atoms with van der Waals surface area (Å²) in [5.74, 6) is -1.25. The molecule has 0 aromatic carbocycles. The minimum absolute atomic E-state index is 0.0527. The summed E-state index contributed by atoms with van der Waals surface area (Å²) in [6.45, 7) is 0. The Balaban J connectivity index is 2.12. The molecule has 10 heteroatoms. The third-order valence-corrected chi connectivity index (χ3v) is 4.84. The Labute approximate surface area is 135 Å². The normalized spacial score (nSPS) is 11.4. The number of nitrogens with one attached hydrogen (secondary N) is 1. The maximum atomic E-state index is 13.1. The number of hydrogen-bond donors (Lipinski definition) is 1. The van der Waals surface area contributed by atoms with Crippen LogP contribution in [0.25, 0.3) is 10.6 Å². The van der Waals surface area contributed by atoms with E-state index in [2.05, 4.69) is 15.3 Å². The lowest BCUT2D eigenvalue weighted by atomic mass is 10.3. The van der Waals surface area contributed by atoms with E-state index in [0.717, 1.165) is 23.8 Å². The number of pyridine rings is 1. The summed E-state index contributed by atoms with van der Waals surface area (Å²) >= 11 is 6.97. The topological polar surface area (TPSA) is 89.0 Å². The van der Waals surface area contributed by atoms with Crippen LogP contribution in [-0.2, 0) is 14.6 Å². The largest absolute Gasteiger partial charge is 0.315 e. The molecule has 0 aliphatic carbocycles. The summed E-state index contributed by atoms with van der Waals surface area (Å²) < 4.78 is 35.2. The average molecular weight is 364 g/mol. The second kappa shape index (κ2) is 6.67. The third-order valence-electron chi connectivity index (χ3n) is 2.49. The van der Waals surface area contributed by atoms with Crippen molar-refractivity contribution in [1.82, 2.24) is 9.97 Å². The Kier molecular flexibility index (Phi) is 5.09. The third kappa shape index (κ3) is 4.72. The molecule has 118 valence electrons. The van der Waals surface area contributed by atoms with E-state index in [1.807, 2.05) is 0 Å². The molecule has 1 amide bonds. The van der Waals surface area contributed by atoms with E-state index in [0.29, 0.717) is 10.6 Å². The Morgan fingerprint density at radius 2 is 2.18 bits per heavy atom. The van der Waals surface area contributed by atoms with Crippen LogP contribution in [0.5, 0.6) is 0 Å². The Morgan fingerprint density at radius 3 is 2.82 bits per heavy atom. The van der Waals surface area contributed by atoms with Crippen molar-refractivity contribution in [2.45, 2.75) is 6.42 Å². The lowest BCUT2D eigenvalue weighted by Crippen LogP contribution is -2.16. The van der Waals surface area contributed by atoms with E-state index in [4.69, 9.17) is 11.6 Å². The molecule has 2 heterocycles. The highest BCUT2D eigenvalue weighted by molar-refractivity contribution is 7.90. The number of carbonyl (C=O) groups excluding carboxylic acids is 1. The monoisotopic (exact) mass is 363 g/mol. The lowest BCUT2D eigenvalue weighted by molar-refractivity contribution is -0.115. The quantitative estimate of drug-likeness (QED) is 0.880. The maximum absolute atomic E-state index is 13.1. The number of carbonyl (C=O) groups is 1. The molecule has 2 aromatic heterocycles. The van der Waals surface area contributed by atoms with Gasteiger partial charge in [-0.3, -0.25) is 9.78 Å². The molecule has 1 N–H and O–H groups in total. The Morgan fingerprint density at radius 1 is 1.45 bits per heavy atom. The summed E-state index contributed by atoms with van der Waals surface area (Å²) in [5.41, 5.74) is 0.434. The fourth-order valence-electron chi connectivity index (χ4n) is 1.50. The van der Waals surface area contributed by atoms with Gasteiger partial charge >= 0.3 is 0 Å². The maximum Gasteiger partial charge on any atom is 0.226 e. The van der Waals surface area contributed by atoms with Gasteiger partial charge in [-0.05, 0) is 6.07 Å². The number of nitrogens with zero attached hydrogens (tertiary/aromatic N) is 2. The minimum Gasteiger partial charge on any atom is -0.315 e. The highest BCUT2D eigenvalue weighted by atomic mass is 35.5. The summed E-state index contributed by atoms with van der Waals surface area (Å²) in [4.78, 5) is 19.4. The fourth-order valence-corrected chi connectivity index (χ4v) is 3.21. The average Bonchev–Trinajstić information content (AvgIpc) is 2.77. The first-order valence-electron chi connectivity index (χ1n) is 5.99. The van der Waals surface area contributed by atoms with Crippen molar-refractivity contribution in [3.8, 4) is 10.6 Å². The molecule has 0 bridgehead atoms. The van der Waals surface area contributed by atoms with Crippen LogP contribution in [0, 0.1) is 5.82 Å². The molecule has 0 saturated carbocycles. The van der Waals surface area contributed by atoms with E-state index >= 15 is 0 Å². The van der Waals surface area contributed by atoms with Crippen LogP contribution in [0.4, 0.5) is 9.39 Å². The number of aromatic nitrogens is 2.